The van der Waals surface area contributed by atoms with Gasteiger partial charge in [0.05, 0.1) is 11.4 Å². The number of sulfonamides is 1. The summed E-state index contributed by atoms with van der Waals surface area (Å²) >= 11 is 0. The zero-order chi connectivity index (χ0) is 15.1. The average molecular weight is 297 g/mol. The van der Waals surface area contributed by atoms with Crippen LogP contribution in [0.5, 0.6) is 0 Å². The number of carboxylic acids is 1. The van der Waals surface area contributed by atoms with Crippen LogP contribution in [-0.4, -0.2) is 25.2 Å². The highest BCUT2D eigenvalue weighted by Gasteiger charge is 2.19. The Morgan fingerprint density at radius 2 is 2.00 bits per heavy atom. The number of aryl methyl sites for hydroxylation is 2. The second kappa shape index (κ2) is 4.82. The van der Waals surface area contributed by atoms with Crippen molar-refractivity contribution in [1.82, 2.24) is 0 Å². The molecule has 0 radical (unpaired) electrons. The Bertz CT molecular complexity index is 789. The van der Waals surface area contributed by atoms with Crippen LogP contribution in [0.1, 0.15) is 28.6 Å². The lowest BCUT2D eigenvalue weighted by molar-refractivity contribution is 0.0697. The van der Waals surface area contributed by atoms with Crippen molar-refractivity contribution in [2.75, 3.05) is 10.5 Å². The van der Waals surface area contributed by atoms with E-state index in [1.54, 1.807) is 19.9 Å². The molecule has 0 amide bonds. The molecular formula is C13H15NO5S. The molecule has 1 aromatic heterocycles. The Labute approximate surface area is 116 Å². The Kier molecular flexibility index (Phi) is 3.47. The highest BCUT2D eigenvalue weighted by Crippen LogP contribution is 2.31. The number of aromatic carboxylic acids is 1. The zero-order valence-electron chi connectivity index (χ0n) is 11.4. The normalized spacial score (nSPS) is 11.8. The number of rotatable bonds is 4. The molecule has 2 rings (SSSR count). The largest absolute Gasteiger partial charge is 0.478 e. The minimum atomic E-state index is -3.42. The Hall–Kier alpha value is -2.02. The molecule has 2 aromatic rings. The summed E-state index contributed by atoms with van der Waals surface area (Å²) in [5, 5.41) is 9.58. The topological polar surface area (TPSA) is 96.6 Å². The third-order valence-corrected chi connectivity index (χ3v) is 4.36. The number of hydrogen-bond acceptors (Lipinski definition) is 4. The molecule has 0 atom stereocenters. The highest BCUT2D eigenvalue weighted by atomic mass is 32.2. The summed E-state index contributed by atoms with van der Waals surface area (Å²) in [6.45, 7) is 4.82. The molecule has 0 aliphatic carbocycles. The molecule has 20 heavy (non-hydrogen) atoms. The van der Waals surface area contributed by atoms with Crippen LogP contribution in [0.15, 0.2) is 16.5 Å². The summed E-state index contributed by atoms with van der Waals surface area (Å²) in [6.07, 6.45) is 0. The number of hydrogen-bond donors (Lipinski definition) is 2. The first-order valence-electron chi connectivity index (χ1n) is 6.02. The maximum atomic E-state index is 11.6. The van der Waals surface area contributed by atoms with Gasteiger partial charge in [0.2, 0.25) is 10.0 Å². The first kappa shape index (κ1) is 14.4. The van der Waals surface area contributed by atoms with Gasteiger partial charge in [-0.25, -0.2) is 13.2 Å². The van der Waals surface area contributed by atoms with E-state index in [9.17, 15) is 18.3 Å². The molecule has 0 saturated heterocycles. The van der Waals surface area contributed by atoms with Gasteiger partial charge in [0.25, 0.3) is 0 Å². The van der Waals surface area contributed by atoms with Gasteiger partial charge in [0.1, 0.15) is 16.9 Å². The van der Waals surface area contributed by atoms with E-state index < -0.39 is 16.0 Å². The van der Waals surface area contributed by atoms with Crippen molar-refractivity contribution in [3.05, 3.63) is 29.0 Å². The molecule has 0 spiro atoms. The lowest BCUT2D eigenvalue weighted by atomic mass is 10.1. The number of anilines is 1. The summed E-state index contributed by atoms with van der Waals surface area (Å²) < 4.78 is 31.1. The van der Waals surface area contributed by atoms with Crippen LogP contribution in [0.3, 0.4) is 0 Å². The van der Waals surface area contributed by atoms with Crippen molar-refractivity contribution in [1.29, 1.82) is 0 Å². The minimum Gasteiger partial charge on any atom is -0.478 e. The van der Waals surface area contributed by atoms with E-state index in [0.717, 1.165) is 0 Å². The van der Waals surface area contributed by atoms with Crippen molar-refractivity contribution >= 4 is 32.6 Å². The fourth-order valence-electron chi connectivity index (χ4n) is 1.98. The Morgan fingerprint density at radius 3 is 2.55 bits per heavy atom. The summed E-state index contributed by atoms with van der Waals surface area (Å²) in [5.41, 5.74) is 1.51. The lowest BCUT2D eigenvalue weighted by Gasteiger charge is -2.09. The third-order valence-electron chi connectivity index (χ3n) is 3.07. The van der Waals surface area contributed by atoms with Gasteiger partial charge in [0, 0.05) is 5.39 Å². The van der Waals surface area contributed by atoms with Gasteiger partial charge < -0.3 is 9.52 Å². The van der Waals surface area contributed by atoms with Gasteiger partial charge in [-0.1, -0.05) is 0 Å². The summed E-state index contributed by atoms with van der Waals surface area (Å²) in [4.78, 5) is 11.2. The van der Waals surface area contributed by atoms with Gasteiger partial charge in [-0.15, -0.1) is 0 Å². The van der Waals surface area contributed by atoms with Crippen molar-refractivity contribution in [2.24, 2.45) is 0 Å². The van der Waals surface area contributed by atoms with Gasteiger partial charge in [-0.05, 0) is 38.5 Å². The van der Waals surface area contributed by atoms with E-state index in [4.69, 9.17) is 4.42 Å². The third kappa shape index (κ3) is 2.49. The first-order valence-corrected chi connectivity index (χ1v) is 7.68. The van der Waals surface area contributed by atoms with Crippen LogP contribution in [0.25, 0.3) is 11.0 Å². The van der Waals surface area contributed by atoms with E-state index >= 15 is 0 Å². The molecule has 1 heterocycles. The molecule has 108 valence electrons. The Balaban J connectivity index is 2.66. The van der Waals surface area contributed by atoms with E-state index in [0.29, 0.717) is 28.0 Å². The minimum absolute atomic E-state index is 0.0527. The highest BCUT2D eigenvalue weighted by molar-refractivity contribution is 7.92. The maximum Gasteiger partial charge on any atom is 0.339 e. The van der Waals surface area contributed by atoms with Gasteiger partial charge in [-0.3, -0.25) is 4.72 Å². The summed E-state index contributed by atoms with van der Waals surface area (Å²) in [5.74, 6) is -0.863. The SMILES string of the molecule is CCS(=O)(=O)Nc1cc2c(C(=O)O)c(C)oc2cc1C. The molecule has 0 bridgehead atoms. The van der Waals surface area contributed by atoms with Gasteiger partial charge >= 0.3 is 5.97 Å². The number of carboxylic acid groups (broad SMARTS) is 1. The average Bonchev–Trinajstić information content (AvgIpc) is 2.64. The van der Waals surface area contributed by atoms with Crippen molar-refractivity contribution in [3.8, 4) is 0 Å². The lowest BCUT2D eigenvalue weighted by Crippen LogP contribution is -2.15. The monoisotopic (exact) mass is 297 g/mol. The molecule has 1 aromatic carbocycles. The van der Waals surface area contributed by atoms with Crippen LogP contribution < -0.4 is 4.72 Å². The van der Waals surface area contributed by atoms with Crippen molar-refractivity contribution in [3.63, 3.8) is 0 Å². The fraction of sp³-hybridized carbons (Fsp3) is 0.308. The number of carbonyl (C=O) groups is 1. The number of benzene rings is 1. The van der Waals surface area contributed by atoms with Gasteiger partial charge in [0.15, 0.2) is 0 Å². The summed E-state index contributed by atoms with van der Waals surface area (Å²) in [6, 6.07) is 3.13. The Morgan fingerprint density at radius 1 is 1.35 bits per heavy atom. The first-order chi connectivity index (χ1) is 9.25. The molecule has 0 aliphatic rings. The molecular weight excluding hydrogens is 282 g/mol. The second-order valence-electron chi connectivity index (χ2n) is 4.51. The standard InChI is InChI=1S/C13H15NO5S/c1-4-20(17,18)14-10-6-9-11(5-7(10)2)19-8(3)12(9)13(15)16/h5-6,14H,4H2,1-3H3,(H,15,16). The molecule has 6 nitrogen and oxygen atoms in total. The van der Waals surface area contributed by atoms with Crippen molar-refractivity contribution < 1.29 is 22.7 Å². The maximum absolute atomic E-state index is 11.6. The summed E-state index contributed by atoms with van der Waals surface area (Å²) in [7, 11) is -3.42. The molecule has 7 heteroatoms. The predicted molar refractivity (Wildman–Crippen MR) is 75.7 cm³/mol. The van der Waals surface area contributed by atoms with Crippen LogP contribution in [0.2, 0.25) is 0 Å². The number of nitrogens with one attached hydrogen (secondary N) is 1. The van der Waals surface area contributed by atoms with Crippen LogP contribution in [0.4, 0.5) is 5.69 Å². The second-order valence-corrected chi connectivity index (χ2v) is 6.52. The number of fused-ring (bicyclic) bond motifs is 1. The molecule has 0 aliphatic heterocycles. The fourth-order valence-corrected chi connectivity index (χ4v) is 2.68. The van der Waals surface area contributed by atoms with Gasteiger partial charge in [-0.2, -0.15) is 0 Å². The predicted octanol–water partition coefficient (Wildman–Crippen LogP) is 2.51. The van der Waals surface area contributed by atoms with Crippen LogP contribution >= 0.6 is 0 Å². The molecule has 2 N–H and O–H groups in total. The van der Waals surface area contributed by atoms with Crippen molar-refractivity contribution in [2.45, 2.75) is 20.8 Å². The smallest absolute Gasteiger partial charge is 0.339 e. The van der Waals surface area contributed by atoms with E-state index in [-0.39, 0.29) is 11.3 Å². The quantitative estimate of drug-likeness (QED) is 0.903. The zero-order valence-corrected chi connectivity index (χ0v) is 12.2. The molecule has 0 fully saturated rings. The van der Waals surface area contributed by atoms with E-state index in [1.807, 2.05) is 0 Å². The van der Waals surface area contributed by atoms with Crippen LogP contribution in [-0.2, 0) is 10.0 Å². The van der Waals surface area contributed by atoms with Crippen LogP contribution in [0, 0.1) is 13.8 Å². The molecule has 0 saturated carbocycles. The van der Waals surface area contributed by atoms with E-state index in [2.05, 4.69) is 4.72 Å². The number of furan rings is 1. The van der Waals surface area contributed by atoms with E-state index in [1.165, 1.54) is 13.0 Å². The molecule has 0 unspecified atom stereocenters.